The first kappa shape index (κ1) is 24.8. The van der Waals surface area contributed by atoms with E-state index >= 15 is 0 Å². The SMILES string of the molecule is CC(=O)N(C)CCn1c(=O)c(C(=O)N[C@@H](C)CO)c(O)c2ncc(Cc3ccc(F)cc3)cc21. The fraction of sp³-hybridized carbons (Fsp3) is 0.333. The van der Waals surface area contributed by atoms with E-state index in [0.717, 1.165) is 5.56 Å². The molecule has 0 aliphatic carbocycles. The quantitative estimate of drug-likeness (QED) is 0.457. The lowest BCUT2D eigenvalue weighted by Gasteiger charge is -2.19. The molecule has 2 aromatic heterocycles. The number of carbonyl (C=O) groups excluding carboxylic acids is 2. The van der Waals surface area contributed by atoms with Gasteiger partial charge in [-0.15, -0.1) is 0 Å². The van der Waals surface area contributed by atoms with Crippen LogP contribution in [0.2, 0.25) is 0 Å². The van der Waals surface area contributed by atoms with Gasteiger partial charge in [0.05, 0.1) is 12.1 Å². The number of rotatable bonds is 8. The van der Waals surface area contributed by atoms with Crippen LogP contribution in [0.15, 0.2) is 41.3 Å². The first-order valence-electron chi connectivity index (χ1n) is 10.7. The normalized spacial score (nSPS) is 11.9. The average molecular weight is 471 g/mol. The second kappa shape index (κ2) is 10.4. The Hall–Kier alpha value is -3.79. The van der Waals surface area contributed by atoms with Crippen molar-refractivity contribution in [3.63, 3.8) is 0 Å². The largest absolute Gasteiger partial charge is 0.505 e. The summed E-state index contributed by atoms with van der Waals surface area (Å²) >= 11 is 0. The van der Waals surface area contributed by atoms with E-state index < -0.39 is 28.8 Å². The number of aromatic nitrogens is 2. The summed E-state index contributed by atoms with van der Waals surface area (Å²) in [6.45, 7) is 2.85. The van der Waals surface area contributed by atoms with Crippen LogP contribution in [0.3, 0.4) is 0 Å². The fourth-order valence-corrected chi connectivity index (χ4v) is 3.46. The number of hydrogen-bond acceptors (Lipinski definition) is 6. The van der Waals surface area contributed by atoms with E-state index in [1.54, 1.807) is 32.2 Å². The predicted octanol–water partition coefficient (Wildman–Crippen LogP) is 1.42. The van der Waals surface area contributed by atoms with E-state index in [4.69, 9.17) is 0 Å². The van der Waals surface area contributed by atoms with Gasteiger partial charge in [-0.3, -0.25) is 19.4 Å². The van der Waals surface area contributed by atoms with Crippen LogP contribution < -0.4 is 10.9 Å². The van der Waals surface area contributed by atoms with Gasteiger partial charge in [-0.05, 0) is 42.7 Å². The summed E-state index contributed by atoms with van der Waals surface area (Å²) in [5.41, 5.74) is 0.645. The molecule has 2 amide bonds. The van der Waals surface area contributed by atoms with E-state index in [9.17, 15) is 29.0 Å². The molecule has 0 bridgehead atoms. The van der Waals surface area contributed by atoms with E-state index in [-0.39, 0.29) is 36.9 Å². The Labute approximate surface area is 195 Å². The highest BCUT2D eigenvalue weighted by Gasteiger charge is 2.24. The van der Waals surface area contributed by atoms with Crippen LogP contribution in [-0.4, -0.2) is 62.7 Å². The molecule has 2 heterocycles. The molecular formula is C24H27FN4O5. The molecule has 0 saturated heterocycles. The van der Waals surface area contributed by atoms with Gasteiger partial charge in [-0.25, -0.2) is 4.39 Å². The molecule has 1 atom stereocenters. The zero-order valence-corrected chi connectivity index (χ0v) is 19.2. The highest BCUT2D eigenvalue weighted by molar-refractivity contribution is 6.01. The molecule has 0 aliphatic heterocycles. The summed E-state index contributed by atoms with van der Waals surface area (Å²) in [7, 11) is 1.59. The molecule has 3 N–H and O–H groups in total. The summed E-state index contributed by atoms with van der Waals surface area (Å²) in [4.78, 5) is 43.4. The summed E-state index contributed by atoms with van der Waals surface area (Å²) in [6, 6.07) is 7.02. The van der Waals surface area contributed by atoms with Crippen molar-refractivity contribution in [3.8, 4) is 5.75 Å². The molecule has 9 nitrogen and oxygen atoms in total. The molecule has 0 fully saturated rings. The highest BCUT2D eigenvalue weighted by Crippen LogP contribution is 2.26. The number of halogens is 1. The molecule has 3 rings (SSSR count). The first-order valence-corrected chi connectivity index (χ1v) is 10.7. The molecule has 10 heteroatoms. The third-order valence-electron chi connectivity index (χ3n) is 5.53. The van der Waals surface area contributed by atoms with Gasteiger partial charge >= 0.3 is 0 Å². The molecule has 0 aliphatic rings. The number of carbonyl (C=O) groups is 2. The minimum atomic E-state index is -0.836. The van der Waals surface area contributed by atoms with Crippen LogP contribution in [0.4, 0.5) is 4.39 Å². The van der Waals surface area contributed by atoms with Crippen molar-refractivity contribution in [2.24, 2.45) is 0 Å². The number of aliphatic hydroxyl groups excluding tert-OH is 1. The Morgan fingerprint density at radius 2 is 1.91 bits per heavy atom. The summed E-state index contributed by atoms with van der Waals surface area (Å²) in [5, 5.41) is 22.5. The van der Waals surface area contributed by atoms with Gasteiger partial charge in [0.15, 0.2) is 5.75 Å². The number of aromatic hydroxyl groups is 1. The smallest absolute Gasteiger partial charge is 0.267 e. The van der Waals surface area contributed by atoms with Gasteiger partial charge in [0, 0.05) is 39.3 Å². The number of nitrogens with one attached hydrogen (secondary N) is 1. The van der Waals surface area contributed by atoms with Gasteiger partial charge in [-0.1, -0.05) is 12.1 Å². The molecular weight excluding hydrogens is 443 g/mol. The Bertz CT molecular complexity index is 1270. The van der Waals surface area contributed by atoms with E-state index in [1.807, 2.05) is 0 Å². The maximum Gasteiger partial charge on any atom is 0.267 e. The number of amides is 2. The lowest BCUT2D eigenvalue weighted by molar-refractivity contribution is -0.127. The molecule has 34 heavy (non-hydrogen) atoms. The Morgan fingerprint density at radius 1 is 1.24 bits per heavy atom. The minimum absolute atomic E-state index is 0.0507. The van der Waals surface area contributed by atoms with E-state index in [2.05, 4.69) is 10.3 Å². The number of hydrogen-bond donors (Lipinski definition) is 3. The van der Waals surface area contributed by atoms with Gasteiger partial charge in [0.25, 0.3) is 11.5 Å². The van der Waals surface area contributed by atoms with Gasteiger partial charge in [0.1, 0.15) is 16.9 Å². The lowest BCUT2D eigenvalue weighted by Crippen LogP contribution is -2.40. The second-order valence-corrected chi connectivity index (χ2v) is 8.19. The number of aliphatic hydroxyl groups is 1. The molecule has 180 valence electrons. The fourth-order valence-electron chi connectivity index (χ4n) is 3.46. The van der Waals surface area contributed by atoms with Crippen molar-refractivity contribution in [3.05, 3.63) is 69.4 Å². The maximum atomic E-state index is 13.3. The van der Waals surface area contributed by atoms with E-state index in [0.29, 0.717) is 17.5 Å². The second-order valence-electron chi connectivity index (χ2n) is 8.19. The molecule has 1 aromatic carbocycles. The molecule has 0 radical (unpaired) electrons. The zero-order valence-electron chi connectivity index (χ0n) is 19.2. The monoisotopic (exact) mass is 470 g/mol. The maximum absolute atomic E-state index is 13.3. The number of nitrogens with zero attached hydrogens (tertiary/aromatic N) is 3. The van der Waals surface area contributed by atoms with E-state index in [1.165, 1.54) is 34.7 Å². The molecule has 0 spiro atoms. The number of likely N-dealkylation sites (N-methyl/N-ethyl adjacent to an activating group) is 1. The molecule has 3 aromatic rings. The molecule has 0 unspecified atom stereocenters. The van der Waals surface area contributed by atoms with Crippen molar-refractivity contribution in [2.75, 3.05) is 20.2 Å². The van der Waals surface area contributed by atoms with Crippen LogP contribution in [0.1, 0.15) is 35.3 Å². The van der Waals surface area contributed by atoms with Crippen LogP contribution >= 0.6 is 0 Å². The predicted molar refractivity (Wildman–Crippen MR) is 124 cm³/mol. The summed E-state index contributed by atoms with van der Waals surface area (Å²) in [5.74, 6) is -1.94. The number of pyridine rings is 2. The van der Waals surface area contributed by atoms with Crippen molar-refractivity contribution in [1.29, 1.82) is 0 Å². The van der Waals surface area contributed by atoms with Crippen LogP contribution in [-0.2, 0) is 17.8 Å². The standard InChI is InChI=1S/C24H27FN4O5/c1-14(13-30)27-23(33)20-22(32)21-19(29(24(20)34)9-8-28(3)15(2)31)11-17(12-26-21)10-16-4-6-18(25)7-5-16/h4-7,11-12,14,30,32H,8-10,13H2,1-3H3,(H,27,33)/t14-/m0/s1. The van der Waals surface area contributed by atoms with Crippen molar-refractivity contribution >= 4 is 22.8 Å². The summed E-state index contributed by atoms with van der Waals surface area (Å²) < 4.78 is 14.5. The lowest BCUT2D eigenvalue weighted by atomic mass is 10.1. The van der Waals surface area contributed by atoms with Crippen molar-refractivity contribution in [2.45, 2.75) is 32.9 Å². The third kappa shape index (κ3) is 5.40. The third-order valence-corrected chi connectivity index (χ3v) is 5.53. The number of fused-ring (bicyclic) bond motifs is 1. The minimum Gasteiger partial charge on any atom is -0.505 e. The van der Waals surface area contributed by atoms with Crippen molar-refractivity contribution < 1.29 is 24.2 Å². The first-order chi connectivity index (χ1) is 16.1. The van der Waals surface area contributed by atoms with Crippen LogP contribution in [0, 0.1) is 5.82 Å². The number of benzene rings is 1. The zero-order chi connectivity index (χ0) is 25.0. The Balaban J connectivity index is 2.13. The van der Waals surface area contributed by atoms with Gasteiger partial charge < -0.3 is 25.0 Å². The van der Waals surface area contributed by atoms with Gasteiger partial charge in [0.2, 0.25) is 5.91 Å². The Morgan fingerprint density at radius 3 is 2.53 bits per heavy atom. The topological polar surface area (TPSA) is 125 Å². The van der Waals surface area contributed by atoms with Gasteiger partial charge in [-0.2, -0.15) is 0 Å². The van der Waals surface area contributed by atoms with Crippen LogP contribution in [0.5, 0.6) is 5.75 Å². The Kier molecular flexibility index (Phi) is 7.62. The van der Waals surface area contributed by atoms with Crippen molar-refractivity contribution in [1.82, 2.24) is 19.8 Å². The highest BCUT2D eigenvalue weighted by atomic mass is 19.1. The van der Waals surface area contributed by atoms with Crippen LogP contribution in [0.25, 0.3) is 11.0 Å². The molecule has 0 saturated carbocycles. The average Bonchev–Trinajstić information content (AvgIpc) is 2.80. The summed E-state index contributed by atoms with van der Waals surface area (Å²) in [6.07, 6.45) is 1.92.